The number of hydrogen-bond donors (Lipinski definition) is 1. The Balaban J connectivity index is 1.74. The molecule has 2 heterocycles. The summed E-state index contributed by atoms with van der Waals surface area (Å²) in [5.74, 6) is 2.69. The van der Waals surface area contributed by atoms with Gasteiger partial charge in [-0.15, -0.1) is 0 Å². The van der Waals surface area contributed by atoms with E-state index in [1.54, 1.807) is 11.8 Å². The van der Waals surface area contributed by atoms with Crippen molar-refractivity contribution in [1.82, 2.24) is 10.1 Å². The average Bonchev–Trinajstić information content (AvgIpc) is 2.98. The highest BCUT2D eigenvalue weighted by molar-refractivity contribution is 7.99. The van der Waals surface area contributed by atoms with Crippen LogP contribution in [0.1, 0.15) is 23.2 Å². The molecule has 1 aliphatic rings. The first-order chi connectivity index (χ1) is 9.22. The Morgan fingerprint density at radius 3 is 3.05 bits per heavy atom. The second kappa shape index (κ2) is 5.53. The minimum atomic E-state index is -0.385. The topological polar surface area (TPSA) is 59.2 Å². The molecule has 1 aliphatic heterocycles. The molecule has 3 rings (SSSR count). The second-order valence-electron chi connectivity index (χ2n) is 4.57. The van der Waals surface area contributed by atoms with Crippen molar-refractivity contribution in [3.8, 4) is 0 Å². The predicted octanol–water partition coefficient (Wildman–Crippen LogP) is 2.51. The molecule has 2 atom stereocenters. The largest absolute Gasteiger partial charge is 0.391 e. The maximum absolute atomic E-state index is 9.81. The van der Waals surface area contributed by atoms with Crippen LogP contribution in [0.3, 0.4) is 0 Å². The second-order valence-corrected chi connectivity index (χ2v) is 6.08. The van der Waals surface area contributed by atoms with Crippen LogP contribution in [-0.2, 0) is 6.42 Å². The Morgan fingerprint density at radius 2 is 2.32 bits per heavy atom. The number of benzene rings is 1. The van der Waals surface area contributed by atoms with Crippen molar-refractivity contribution in [2.45, 2.75) is 18.4 Å². The van der Waals surface area contributed by atoms with Gasteiger partial charge in [0, 0.05) is 22.9 Å². The molecule has 1 aromatic heterocycles. The standard InChI is InChI=1S/C13H13ClN2O2S/c14-9-3-1-2-8(4-9)5-12-15-13(18-16-12)10-6-19-7-11(10)17/h1-4,10-11,17H,5-7H2. The Kier molecular flexibility index (Phi) is 3.77. The summed E-state index contributed by atoms with van der Waals surface area (Å²) >= 11 is 7.64. The van der Waals surface area contributed by atoms with Crippen LogP contribution in [0.15, 0.2) is 28.8 Å². The summed E-state index contributed by atoms with van der Waals surface area (Å²) in [5.41, 5.74) is 1.04. The average molecular weight is 297 g/mol. The highest BCUT2D eigenvalue weighted by Crippen LogP contribution is 2.31. The molecule has 2 aromatic rings. The van der Waals surface area contributed by atoms with Gasteiger partial charge < -0.3 is 9.63 Å². The van der Waals surface area contributed by atoms with Crippen molar-refractivity contribution in [2.75, 3.05) is 11.5 Å². The molecule has 0 bridgehead atoms. The third-order valence-corrected chi connectivity index (χ3v) is 4.51. The molecule has 100 valence electrons. The zero-order chi connectivity index (χ0) is 13.2. The monoisotopic (exact) mass is 296 g/mol. The third kappa shape index (κ3) is 2.94. The van der Waals surface area contributed by atoms with Crippen molar-refractivity contribution in [2.24, 2.45) is 0 Å². The molecule has 19 heavy (non-hydrogen) atoms. The smallest absolute Gasteiger partial charge is 0.233 e. The number of nitrogens with zero attached hydrogens (tertiary/aromatic N) is 2. The Hall–Kier alpha value is -1.04. The first-order valence-corrected chi connectivity index (χ1v) is 7.58. The number of hydrogen-bond acceptors (Lipinski definition) is 5. The Morgan fingerprint density at radius 1 is 1.42 bits per heavy atom. The molecule has 1 N–H and O–H groups in total. The number of thioether (sulfide) groups is 1. The van der Waals surface area contributed by atoms with E-state index in [4.69, 9.17) is 16.1 Å². The van der Waals surface area contributed by atoms with Gasteiger partial charge in [0.2, 0.25) is 5.89 Å². The van der Waals surface area contributed by atoms with Gasteiger partial charge >= 0.3 is 0 Å². The fourth-order valence-corrected chi connectivity index (χ4v) is 3.54. The van der Waals surface area contributed by atoms with Gasteiger partial charge in [-0.1, -0.05) is 28.9 Å². The number of aliphatic hydroxyl groups excluding tert-OH is 1. The number of aliphatic hydroxyl groups is 1. The van der Waals surface area contributed by atoms with Crippen LogP contribution in [-0.4, -0.2) is 32.9 Å². The first kappa shape index (κ1) is 13.0. The maximum atomic E-state index is 9.81. The van der Waals surface area contributed by atoms with Crippen molar-refractivity contribution in [3.05, 3.63) is 46.6 Å². The Labute approximate surface area is 120 Å². The lowest BCUT2D eigenvalue weighted by Gasteiger charge is -2.06. The molecular formula is C13H13ClN2O2S. The molecule has 0 amide bonds. The van der Waals surface area contributed by atoms with Crippen molar-refractivity contribution in [3.63, 3.8) is 0 Å². The van der Waals surface area contributed by atoms with E-state index < -0.39 is 0 Å². The van der Waals surface area contributed by atoms with Crippen LogP contribution in [0.4, 0.5) is 0 Å². The van der Waals surface area contributed by atoms with E-state index in [0.717, 1.165) is 17.1 Å². The van der Waals surface area contributed by atoms with Gasteiger partial charge in [0.05, 0.1) is 12.0 Å². The van der Waals surface area contributed by atoms with E-state index in [1.165, 1.54) is 0 Å². The molecule has 0 spiro atoms. The molecular weight excluding hydrogens is 284 g/mol. The summed E-state index contributed by atoms with van der Waals surface area (Å²) in [5, 5.41) is 14.5. The molecule has 2 unspecified atom stereocenters. The molecule has 1 fully saturated rings. The zero-order valence-corrected chi connectivity index (χ0v) is 11.7. The first-order valence-electron chi connectivity index (χ1n) is 6.05. The van der Waals surface area contributed by atoms with Crippen LogP contribution >= 0.6 is 23.4 Å². The molecule has 0 radical (unpaired) electrons. The summed E-state index contributed by atoms with van der Waals surface area (Å²) < 4.78 is 5.25. The number of halogens is 1. The molecule has 1 aromatic carbocycles. The SMILES string of the molecule is OC1CSCC1c1nc(Cc2cccc(Cl)c2)no1. The van der Waals surface area contributed by atoms with E-state index in [2.05, 4.69) is 10.1 Å². The predicted molar refractivity (Wildman–Crippen MR) is 74.6 cm³/mol. The van der Waals surface area contributed by atoms with Gasteiger partial charge in [0.15, 0.2) is 5.82 Å². The normalized spacial score (nSPS) is 22.8. The summed E-state index contributed by atoms with van der Waals surface area (Å²) in [6, 6.07) is 7.59. The van der Waals surface area contributed by atoms with Crippen LogP contribution in [0, 0.1) is 0 Å². The van der Waals surface area contributed by atoms with E-state index in [0.29, 0.717) is 23.2 Å². The van der Waals surface area contributed by atoms with Crippen LogP contribution in [0.25, 0.3) is 0 Å². The van der Waals surface area contributed by atoms with Gasteiger partial charge in [-0.05, 0) is 17.7 Å². The zero-order valence-electron chi connectivity index (χ0n) is 10.1. The van der Waals surface area contributed by atoms with E-state index in [1.807, 2.05) is 24.3 Å². The third-order valence-electron chi connectivity index (χ3n) is 3.10. The maximum Gasteiger partial charge on any atom is 0.233 e. The minimum absolute atomic E-state index is 0.0365. The fraction of sp³-hybridized carbons (Fsp3) is 0.385. The molecule has 6 heteroatoms. The van der Waals surface area contributed by atoms with Crippen molar-refractivity contribution >= 4 is 23.4 Å². The number of aromatic nitrogens is 2. The van der Waals surface area contributed by atoms with E-state index in [9.17, 15) is 5.11 Å². The molecule has 4 nitrogen and oxygen atoms in total. The van der Waals surface area contributed by atoms with Gasteiger partial charge in [-0.3, -0.25) is 0 Å². The van der Waals surface area contributed by atoms with Crippen LogP contribution in [0.2, 0.25) is 5.02 Å². The van der Waals surface area contributed by atoms with Crippen LogP contribution in [0.5, 0.6) is 0 Å². The summed E-state index contributed by atoms with van der Waals surface area (Å²) in [6.07, 6.45) is 0.199. The lowest BCUT2D eigenvalue weighted by molar-refractivity contribution is 0.164. The quantitative estimate of drug-likeness (QED) is 0.943. The highest BCUT2D eigenvalue weighted by Gasteiger charge is 2.31. The highest BCUT2D eigenvalue weighted by atomic mass is 35.5. The van der Waals surface area contributed by atoms with Gasteiger partial charge in [-0.25, -0.2) is 0 Å². The summed E-state index contributed by atoms with van der Waals surface area (Å²) in [6.45, 7) is 0. The van der Waals surface area contributed by atoms with Crippen molar-refractivity contribution in [1.29, 1.82) is 0 Å². The summed E-state index contributed by atoms with van der Waals surface area (Å²) in [4.78, 5) is 4.37. The summed E-state index contributed by atoms with van der Waals surface area (Å²) in [7, 11) is 0. The van der Waals surface area contributed by atoms with E-state index in [-0.39, 0.29) is 12.0 Å². The van der Waals surface area contributed by atoms with Crippen LogP contribution < -0.4 is 0 Å². The van der Waals surface area contributed by atoms with E-state index >= 15 is 0 Å². The van der Waals surface area contributed by atoms with Crippen molar-refractivity contribution < 1.29 is 9.63 Å². The Bertz CT molecular complexity index is 575. The lowest BCUT2D eigenvalue weighted by Crippen LogP contribution is -2.15. The molecule has 1 saturated heterocycles. The molecule has 0 saturated carbocycles. The minimum Gasteiger partial charge on any atom is -0.391 e. The number of rotatable bonds is 3. The van der Waals surface area contributed by atoms with Gasteiger partial charge in [-0.2, -0.15) is 16.7 Å². The fourth-order valence-electron chi connectivity index (χ4n) is 2.10. The van der Waals surface area contributed by atoms with Gasteiger partial charge in [0.25, 0.3) is 0 Å². The molecule has 0 aliphatic carbocycles. The van der Waals surface area contributed by atoms with Gasteiger partial charge in [0.1, 0.15) is 0 Å². The lowest BCUT2D eigenvalue weighted by atomic mass is 10.1.